The van der Waals surface area contributed by atoms with E-state index in [1.807, 2.05) is 0 Å². The molecule has 0 aromatic carbocycles. The number of carbonyl (C=O) groups excluding carboxylic acids is 1. The lowest BCUT2D eigenvalue weighted by Crippen LogP contribution is -2.46. The Morgan fingerprint density at radius 1 is 0.562 bits per heavy atom. The number of rotatable bonds is 34. The number of carbonyl (C=O) groups is 1. The van der Waals surface area contributed by atoms with Gasteiger partial charge in [0.1, 0.15) is 0 Å². The van der Waals surface area contributed by atoms with Gasteiger partial charge in [-0.15, -0.1) is 0 Å². The summed E-state index contributed by atoms with van der Waals surface area (Å²) in [6.45, 7) is 4.49. The third-order valence-corrected chi connectivity index (χ3v) is 9.17. The van der Waals surface area contributed by atoms with Crippen LogP contribution in [-0.2, 0) is 14.9 Å². The van der Waals surface area contributed by atoms with Crippen molar-refractivity contribution in [2.75, 3.05) is 5.75 Å². The summed E-state index contributed by atoms with van der Waals surface area (Å²) in [6.07, 6.45) is 47.7. The maximum atomic E-state index is 12.5. The van der Waals surface area contributed by atoms with Crippen LogP contribution in [0.25, 0.3) is 0 Å². The van der Waals surface area contributed by atoms with E-state index in [-0.39, 0.29) is 12.3 Å². The van der Waals surface area contributed by atoms with Gasteiger partial charge in [-0.05, 0) is 77.0 Å². The van der Waals surface area contributed by atoms with Gasteiger partial charge in [-0.3, -0.25) is 9.35 Å². The second-order valence-corrected chi connectivity index (χ2v) is 14.7. The predicted molar refractivity (Wildman–Crippen MR) is 207 cm³/mol. The first-order valence-electron chi connectivity index (χ1n) is 19.5. The largest absolute Gasteiger partial charge is 0.387 e. The molecule has 0 spiro atoms. The van der Waals surface area contributed by atoms with Crippen molar-refractivity contribution in [1.82, 2.24) is 5.32 Å². The number of unbranched alkanes of at least 4 members (excludes halogenated alkanes) is 18. The van der Waals surface area contributed by atoms with Crippen molar-refractivity contribution >= 4 is 16.0 Å². The highest BCUT2D eigenvalue weighted by molar-refractivity contribution is 7.85. The van der Waals surface area contributed by atoms with Crippen LogP contribution < -0.4 is 5.32 Å². The molecule has 0 saturated heterocycles. The molecule has 3 N–H and O–H groups in total. The summed E-state index contributed by atoms with van der Waals surface area (Å²) in [5.74, 6) is -1.03. The Balaban J connectivity index is 4.08. The standard InChI is InChI=1S/C41H73NO5S/c1-3-5-7-9-11-13-15-17-19-21-22-24-26-28-30-32-34-36-40(43)39(38-48(45,46)47)42-41(44)37-35-33-31-29-27-25-23-20-18-16-14-12-10-8-6-4-2/h14,16,19-21,23,26,28,34,36,39-40,43H,3-13,15,17-18,22,24-25,27,29-33,35,37-38H2,1-2H3,(H,42,44)(H,45,46,47)/b16-14-,21-19+,23-20-,28-26+,36-34+. The first-order valence-corrected chi connectivity index (χ1v) is 21.1. The fraction of sp³-hybridized carbons (Fsp3) is 0.732. The van der Waals surface area contributed by atoms with Crippen molar-refractivity contribution in [2.24, 2.45) is 0 Å². The molecule has 2 atom stereocenters. The molecule has 0 fully saturated rings. The van der Waals surface area contributed by atoms with Crippen molar-refractivity contribution in [2.45, 2.75) is 187 Å². The number of hydrogen-bond acceptors (Lipinski definition) is 4. The first kappa shape index (κ1) is 46.0. The lowest BCUT2D eigenvalue weighted by Gasteiger charge is -2.21. The van der Waals surface area contributed by atoms with Gasteiger partial charge in [0.15, 0.2) is 0 Å². The SMILES string of the molecule is CCCCCC/C=C\C/C=C\CCCCCCCC(=O)NC(CS(=O)(=O)O)C(O)/C=C/CC/C=C/CC/C=C/CCCCCCCCC. The van der Waals surface area contributed by atoms with E-state index in [2.05, 4.69) is 67.8 Å². The number of hydrogen-bond donors (Lipinski definition) is 3. The van der Waals surface area contributed by atoms with E-state index < -0.39 is 28.0 Å². The molecule has 2 unspecified atom stereocenters. The van der Waals surface area contributed by atoms with Gasteiger partial charge in [0.25, 0.3) is 10.1 Å². The quantitative estimate of drug-likeness (QED) is 0.0354. The third kappa shape index (κ3) is 35.3. The van der Waals surface area contributed by atoms with E-state index in [9.17, 15) is 22.9 Å². The lowest BCUT2D eigenvalue weighted by atomic mass is 10.1. The molecule has 48 heavy (non-hydrogen) atoms. The Labute approximate surface area is 296 Å². The van der Waals surface area contributed by atoms with E-state index in [4.69, 9.17) is 0 Å². The molecule has 278 valence electrons. The normalized spacial score (nSPS) is 14.0. The molecule has 0 aromatic heterocycles. The highest BCUT2D eigenvalue weighted by Gasteiger charge is 2.24. The first-order chi connectivity index (χ1) is 23.3. The maximum absolute atomic E-state index is 12.5. The molecular formula is C41H73NO5S. The summed E-state index contributed by atoms with van der Waals surface area (Å²) >= 11 is 0. The van der Waals surface area contributed by atoms with E-state index >= 15 is 0 Å². The van der Waals surface area contributed by atoms with Crippen LogP contribution in [0.1, 0.15) is 174 Å². The molecule has 0 aliphatic heterocycles. The minimum absolute atomic E-state index is 0.266. The highest BCUT2D eigenvalue weighted by atomic mass is 32.2. The zero-order valence-electron chi connectivity index (χ0n) is 30.8. The molecule has 7 heteroatoms. The van der Waals surface area contributed by atoms with Crippen LogP contribution in [0.2, 0.25) is 0 Å². The van der Waals surface area contributed by atoms with Crippen molar-refractivity contribution in [3.8, 4) is 0 Å². The van der Waals surface area contributed by atoms with Crippen molar-refractivity contribution in [3.05, 3.63) is 60.8 Å². The molecule has 0 aliphatic carbocycles. The van der Waals surface area contributed by atoms with Crippen molar-refractivity contribution in [3.63, 3.8) is 0 Å². The second-order valence-electron chi connectivity index (χ2n) is 13.2. The van der Waals surface area contributed by atoms with Gasteiger partial charge in [0, 0.05) is 6.42 Å². The van der Waals surface area contributed by atoms with Crippen LogP contribution in [0.15, 0.2) is 60.8 Å². The summed E-state index contributed by atoms with van der Waals surface area (Å²) in [5, 5.41) is 13.2. The molecule has 1 amide bonds. The number of allylic oxidation sites excluding steroid dienone is 9. The topological polar surface area (TPSA) is 104 Å². The van der Waals surface area contributed by atoms with Gasteiger partial charge in [0.05, 0.1) is 17.9 Å². The minimum atomic E-state index is -4.36. The summed E-state index contributed by atoms with van der Waals surface area (Å²) < 4.78 is 32.4. The van der Waals surface area contributed by atoms with E-state index in [1.165, 1.54) is 89.5 Å². The third-order valence-electron chi connectivity index (χ3n) is 8.39. The number of nitrogens with one attached hydrogen (secondary N) is 1. The smallest absolute Gasteiger partial charge is 0.267 e. The van der Waals surface area contributed by atoms with E-state index in [0.717, 1.165) is 57.8 Å². The van der Waals surface area contributed by atoms with Gasteiger partial charge in [-0.2, -0.15) is 8.42 Å². The molecule has 6 nitrogen and oxygen atoms in total. The fourth-order valence-electron chi connectivity index (χ4n) is 5.45. The van der Waals surface area contributed by atoms with Crippen LogP contribution in [0.4, 0.5) is 0 Å². The number of aliphatic hydroxyl groups is 1. The average molecular weight is 692 g/mol. The van der Waals surface area contributed by atoms with Crippen LogP contribution in [-0.4, -0.2) is 41.9 Å². The summed E-state index contributed by atoms with van der Waals surface area (Å²) in [4.78, 5) is 12.5. The maximum Gasteiger partial charge on any atom is 0.267 e. The Hall–Kier alpha value is -1.96. The molecule has 0 bridgehead atoms. The zero-order valence-corrected chi connectivity index (χ0v) is 31.7. The molecule has 0 aromatic rings. The minimum Gasteiger partial charge on any atom is -0.387 e. The van der Waals surface area contributed by atoms with Gasteiger partial charge >= 0.3 is 0 Å². The van der Waals surface area contributed by atoms with Gasteiger partial charge in [-0.25, -0.2) is 0 Å². The molecule has 0 heterocycles. The van der Waals surface area contributed by atoms with Gasteiger partial charge in [0.2, 0.25) is 5.91 Å². The Kier molecular flexibility index (Phi) is 33.5. The molecule has 0 saturated carbocycles. The highest BCUT2D eigenvalue weighted by Crippen LogP contribution is 2.11. The summed E-state index contributed by atoms with van der Waals surface area (Å²) in [6, 6.07) is -1.09. The predicted octanol–water partition coefficient (Wildman–Crippen LogP) is 11.3. The summed E-state index contributed by atoms with van der Waals surface area (Å²) in [5.41, 5.74) is 0. The zero-order chi connectivity index (χ0) is 35.4. The van der Waals surface area contributed by atoms with Gasteiger partial charge in [-0.1, -0.05) is 152 Å². The fourth-order valence-corrected chi connectivity index (χ4v) is 6.18. The van der Waals surface area contributed by atoms with Crippen molar-refractivity contribution in [1.29, 1.82) is 0 Å². The molecule has 0 radical (unpaired) electrons. The van der Waals surface area contributed by atoms with Crippen LogP contribution >= 0.6 is 0 Å². The Bertz CT molecular complexity index is 983. The Morgan fingerprint density at radius 3 is 1.46 bits per heavy atom. The van der Waals surface area contributed by atoms with Crippen LogP contribution in [0, 0.1) is 0 Å². The monoisotopic (exact) mass is 692 g/mol. The van der Waals surface area contributed by atoms with Crippen LogP contribution in [0.5, 0.6) is 0 Å². The number of amides is 1. The van der Waals surface area contributed by atoms with E-state index in [1.54, 1.807) is 6.08 Å². The average Bonchev–Trinajstić information content (AvgIpc) is 3.05. The van der Waals surface area contributed by atoms with E-state index in [0.29, 0.717) is 12.8 Å². The molecule has 0 rings (SSSR count). The molecule has 0 aliphatic rings. The second kappa shape index (κ2) is 34.9. The summed E-state index contributed by atoms with van der Waals surface area (Å²) in [7, 11) is -4.36. The van der Waals surface area contributed by atoms with Gasteiger partial charge < -0.3 is 10.4 Å². The Morgan fingerprint density at radius 2 is 0.958 bits per heavy atom. The molecular weight excluding hydrogens is 619 g/mol. The lowest BCUT2D eigenvalue weighted by molar-refractivity contribution is -0.122. The van der Waals surface area contributed by atoms with Crippen molar-refractivity contribution < 1.29 is 22.9 Å². The van der Waals surface area contributed by atoms with Crippen LogP contribution in [0.3, 0.4) is 0 Å². The number of aliphatic hydroxyl groups excluding tert-OH is 1.